The van der Waals surface area contributed by atoms with Gasteiger partial charge in [0.25, 0.3) is 0 Å². The van der Waals surface area contributed by atoms with Gasteiger partial charge in [0.2, 0.25) is 0 Å². The number of nitrogen functional groups attached to an aromatic ring is 1. The van der Waals surface area contributed by atoms with Crippen LogP contribution >= 0.6 is 11.3 Å². The van der Waals surface area contributed by atoms with E-state index in [2.05, 4.69) is 31.0 Å². The number of benzene rings is 1. The van der Waals surface area contributed by atoms with Gasteiger partial charge in [0.15, 0.2) is 5.13 Å². The lowest BCUT2D eigenvalue weighted by molar-refractivity contribution is 0.340. The molecule has 0 saturated heterocycles. The summed E-state index contributed by atoms with van der Waals surface area (Å²) in [5.41, 5.74) is 8.20. The Kier molecular flexibility index (Phi) is 4.43. The maximum Gasteiger partial charge on any atom is 0.180 e. The van der Waals surface area contributed by atoms with E-state index in [1.54, 1.807) is 11.3 Å². The Morgan fingerprint density at radius 3 is 2.53 bits per heavy atom. The zero-order chi connectivity index (χ0) is 13.8. The Hall–Kier alpha value is -1.55. The number of anilines is 1. The van der Waals surface area contributed by atoms with Gasteiger partial charge in [-0.1, -0.05) is 26.0 Å². The average molecular weight is 276 g/mol. The van der Waals surface area contributed by atoms with Gasteiger partial charge < -0.3 is 10.5 Å². The number of nitrogens with two attached hydrogens (primary N) is 1. The number of thiazole rings is 1. The molecule has 0 amide bonds. The van der Waals surface area contributed by atoms with Crippen molar-refractivity contribution in [3.8, 4) is 5.75 Å². The molecule has 0 unspecified atom stereocenters. The minimum Gasteiger partial charge on any atom is -0.494 e. The van der Waals surface area contributed by atoms with E-state index in [0.29, 0.717) is 17.7 Å². The Morgan fingerprint density at radius 1 is 1.26 bits per heavy atom. The van der Waals surface area contributed by atoms with Crippen molar-refractivity contribution >= 4 is 16.5 Å². The van der Waals surface area contributed by atoms with E-state index in [0.717, 1.165) is 17.9 Å². The zero-order valence-electron chi connectivity index (χ0n) is 11.6. The summed E-state index contributed by atoms with van der Waals surface area (Å²) in [6, 6.07) is 8.23. The molecule has 2 N–H and O–H groups in total. The van der Waals surface area contributed by atoms with Crippen LogP contribution < -0.4 is 10.5 Å². The minimum atomic E-state index is 0.409. The zero-order valence-corrected chi connectivity index (χ0v) is 12.5. The van der Waals surface area contributed by atoms with Gasteiger partial charge in [0.1, 0.15) is 5.75 Å². The van der Waals surface area contributed by atoms with Crippen molar-refractivity contribution in [1.82, 2.24) is 4.98 Å². The van der Waals surface area contributed by atoms with E-state index in [-0.39, 0.29) is 0 Å². The molecule has 1 heterocycles. The number of aromatic nitrogens is 1. The SMILES string of the molecule is CCOc1ccc(Cc2sc(N)nc2C(C)C)cc1. The summed E-state index contributed by atoms with van der Waals surface area (Å²) in [6.07, 6.45) is 0.884. The van der Waals surface area contributed by atoms with Crippen LogP contribution in [0.5, 0.6) is 5.75 Å². The second kappa shape index (κ2) is 6.06. The van der Waals surface area contributed by atoms with E-state index >= 15 is 0 Å². The molecule has 2 rings (SSSR count). The summed E-state index contributed by atoms with van der Waals surface area (Å²) in [5, 5.41) is 0.657. The summed E-state index contributed by atoms with van der Waals surface area (Å²) in [4.78, 5) is 5.69. The van der Waals surface area contributed by atoms with Gasteiger partial charge in [-0.05, 0) is 30.5 Å². The predicted octanol–water partition coefficient (Wildman–Crippen LogP) is 3.84. The first-order chi connectivity index (χ1) is 9.10. The molecule has 0 spiro atoms. The van der Waals surface area contributed by atoms with Crippen molar-refractivity contribution in [2.75, 3.05) is 12.3 Å². The van der Waals surface area contributed by atoms with Crippen LogP contribution in [-0.2, 0) is 6.42 Å². The molecule has 0 atom stereocenters. The molecule has 102 valence electrons. The summed E-state index contributed by atoms with van der Waals surface area (Å²) >= 11 is 1.59. The lowest BCUT2D eigenvalue weighted by atomic mass is 10.0. The molecular formula is C15H20N2OS. The highest BCUT2D eigenvalue weighted by Gasteiger charge is 2.13. The molecule has 0 aliphatic rings. The first kappa shape index (κ1) is 13.9. The topological polar surface area (TPSA) is 48.1 Å². The molecular weight excluding hydrogens is 256 g/mol. The highest BCUT2D eigenvalue weighted by molar-refractivity contribution is 7.15. The smallest absolute Gasteiger partial charge is 0.180 e. The van der Waals surface area contributed by atoms with E-state index < -0.39 is 0 Å². The fraction of sp³-hybridized carbons (Fsp3) is 0.400. The Balaban J connectivity index is 2.16. The third-order valence-electron chi connectivity index (χ3n) is 2.89. The number of rotatable bonds is 5. The summed E-state index contributed by atoms with van der Waals surface area (Å²) < 4.78 is 5.45. The third kappa shape index (κ3) is 3.47. The monoisotopic (exact) mass is 276 g/mol. The van der Waals surface area contributed by atoms with Crippen molar-refractivity contribution in [3.05, 3.63) is 40.4 Å². The van der Waals surface area contributed by atoms with Gasteiger partial charge in [0.05, 0.1) is 12.3 Å². The van der Waals surface area contributed by atoms with Crippen LogP contribution in [0.3, 0.4) is 0 Å². The summed E-state index contributed by atoms with van der Waals surface area (Å²) in [7, 11) is 0. The number of nitrogens with zero attached hydrogens (tertiary/aromatic N) is 1. The Bertz CT molecular complexity index is 532. The van der Waals surface area contributed by atoms with Gasteiger partial charge in [-0.25, -0.2) is 4.98 Å². The number of hydrogen-bond donors (Lipinski definition) is 1. The lowest BCUT2D eigenvalue weighted by Gasteiger charge is -2.07. The number of ether oxygens (including phenoxy) is 1. The number of hydrogen-bond acceptors (Lipinski definition) is 4. The van der Waals surface area contributed by atoms with Crippen molar-refractivity contribution in [3.63, 3.8) is 0 Å². The first-order valence-electron chi connectivity index (χ1n) is 6.57. The lowest BCUT2D eigenvalue weighted by Crippen LogP contribution is -1.96. The van der Waals surface area contributed by atoms with E-state index in [1.165, 1.54) is 10.4 Å². The molecule has 0 saturated carbocycles. The molecule has 0 aliphatic heterocycles. The molecule has 0 fully saturated rings. The molecule has 19 heavy (non-hydrogen) atoms. The highest BCUT2D eigenvalue weighted by Crippen LogP contribution is 2.29. The van der Waals surface area contributed by atoms with Crippen LogP contribution in [0.15, 0.2) is 24.3 Å². The summed E-state index contributed by atoms with van der Waals surface area (Å²) in [5.74, 6) is 1.32. The summed E-state index contributed by atoms with van der Waals surface area (Å²) in [6.45, 7) is 6.98. The predicted molar refractivity (Wildman–Crippen MR) is 81.0 cm³/mol. The fourth-order valence-electron chi connectivity index (χ4n) is 2.02. The molecule has 0 bridgehead atoms. The molecule has 1 aromatic carbocycles. The van der Waals surface area contributed by atoms with Crippen LogP contribution in [0.2, 0.25) is 0 Å². The molecule has 0 radical (unpaired) electrons. The highest BCUT2D eigenvalue weighted by atomic mass is 32.1. The second-order valence-corrected chi connectivity index (χ2v) is 5.88. The van der Waals surface area contributed by atoms with Gasteiger partial charge in [-0.2, -0.15) is 0 Å². The average Bonchev–Trinajstić information content (AvgIpc) is 2.73. The molecule has 4 heteroatoms. The quantitative estimate of drug-likeness (QED) is 0.902. The van der Waals surface area contributed by atoms with Crippen molar-refractivity contribution in [2.24, 2.45) is 0 Å². The standard InChI is InChI=1S/C15H20N2OS/c1-4-18-12-7-5-11(6-8-12)9-13-14(10(2)3)17-15(16)19-13/h5-8,10H,4,9H2,1-3H3,(H2,16,17). The van der Waals surface area contributed by atoms with Crippen LogP contribution in [0.1, 0.15) is 42.8 Å². The van der Waals surface area contributed by atoms with E-state index in [1.807, 2.05) is 19.1 Å². The van der Waals surface area contributed by atoms with Crippen molar-refractivity contribution in [2.45, 2.75) is 33.1 Å². The minimum absolute atomic E-state index is 0.409. The van der Waals surface area contributed by atoms with E-state index in [4.69, 9.17) is 10.5 Å². The van der Waals surface area contributed by atoms with Crippen LogP contribution in [0.25, 0.3) is 0 Å². The van der Waals surface area contributed by atoms with Crippen LogP contribution in [0, 0.1) is 0 Å². The van der Waals surface area contributed by atoms with Gasteiger partial charge in [0, 0.05) is 11.3 Å². The van der Waals surface area contributed by atoms with Crippen molar-refractivity contribution < 1.29 is 4.74 Å². The third-order valence-corrected chi connectivity index (χ3v) is 3.79. The maximum absolute atomic E-state index is 5.82. The molecule has 0 aliphatic carbocycles. The molecule has 3 nitrogen and oxygen atoms in total. The van der Waals surface area contributed by atoms with Gasteiger partial charge >= 0.3 is 0 Å². The van der Waals surface area contributed by atoms with Gasteiger partial charge in [-0.15, -0.1) is 11.3 Å². The fourth-order valence-corrected chi connectivity index (χ4v) is 3.04. The van der Waals surface area contributed by atoms with Crippen molar-refractivity contribution in [1.29, 1.82) is 0 Å². The largest absolute Gasteiger partial charge is 0.494 e. The molecule has 2 aromatic rings. The van der Waals surface area contributed by atoms with Gasteiger partial charge in [-0.3, -0.25) is 0 Å². The van der Waals surface area contributed by atoms with E-state index in [9.17, 15) is 0 Å². The van der Waals surface area contributed by atoms with Crippen LogP contribution in [0.4, 0.5) is 5.13 Å². The second-order valence-electron chi connectivity index (χ2n) is 4.77. The maximum atomic E-state index is 5.82. The Labute approximate surface area is 118 Å². The van der Waals surface area contributed by atoms with Crippen LogP contribution in [-0.4, -0.2) is 11.6 Å². The molecule has 1 aromatic heterocycles. The first-order valence-corrected chi connectivity index (χ1v) is 7.38. The normalized spacial score (nSPS) is 10.9. The Morgan fingerprint density at radius 2 is 1.95 bits per heavy atom.